The van der Waals surface area contributed by atoms with Crippen LogP contribution in [0.1, 0.15) is 12.8 Å². The Morgan fingerprint density at radius 1 is 1.80 bits per heavy atom. The third-order valence-corrected chi connectivity index (χ3v) is 2.71. The molecule has 1 aliphatic carbocycles. The molecule has 2 aliphatic rings. The van der Waals surface area contributed by atoms with E-state index in [1.165, 1.54) is 0 Å². The Labute approximate surface area is 59.4 Å². The standard InChI is InChI=1S/C7H10NO2/c9-6(10)5-1-2-7(5)3-8-4-7/h3,5,8H,1-2,4H2,(H,9,10). The van der Waals surface area contributed by atoms with E-state index in [1.807, 2.05) is 6.54 Å². The smallest absolute Gasteiger partial charge is 0.307 e. The third-order valence-electron chi connectivity index (χ3n) is 2.71. The molecule has 1 spiro atoms. The van der Waals surface area contributed by atoms with Crippen molar-refractivity contribution in [2.45, 2.75) is 12.8 Å². The highest BCUT2D eigenvalue weighted by molar-refractivity contribution is 5.73. The minimum Gasteiger partial charge on any atom is -0.481 e. The Bertz CT molecular complexity index is 169. The lowest BCUT2D eigenvalue weighted by Gasteiger charge is -2.53. The Balaban J connectivity index is 2.05. The lowest BCUT2D eigenvalue weighted by Crippen LogP contribution is -2.60. The van der Waals surface area contributed by atoms with Crippen molar-refractivity contribution in [3.8, 4) is 0 Å². The van der Waals surface area contributed by atoms with E-state index in [9.17, 15) is 4.79 Å². The molecule has 1 aliphatic heterocycles. The van der Waals surface area contributed by atoms with Crippen LogP contribution in [0.2, 0.25) is 0 Å². The van der Waals surface area contributed by atoms with E-state index < -0.39 is 5.97 Å². The highest BCUT2D eigenvalue weighted by Gasteiger charge is 2.54. The number of hydrogen-bond acceptors (Lipinski definition) is 2. The fourth-order valence-electron chi connectivity index (χ4n) is 1.78. The van der Waals surface area contributed by atoms with Gasteiger partial charge in [0, 0.05) is 18.5 Å². The minimum atomic E-state index is -0.635. The van der Waals surface area contributed by atoms with E-state index in [-0.39, 0.29) is 11.3 Å². The van der Waals surface area contributed by atoms with Crippen LogP contribution < -0.4 is 5.32 Å². The van der Waals surface area contributed by atoms with Gasteiger partial charge in [-0.25, -0.2) is 0 Å². The van der Waals surface area contributed by atoms with Crippen molar-refractivity contribution < 1.29 is 9.90 Å². The summed E-state index contributed by atoms with van der Waals surface area (Å²) in [5.74, 6) is -0.738. The summed E-state index contributed by atoms with van der Waals surface area (Å²) < 4.78 is 0. The number of carboxylic acids is 1. The zero-order chi connectivity index (χ0) is 7.19. The quantitative estimate of drug-likeness (QED) is 0.548. The zero-order valence-corrected chi connectivity index (χ0v) is 5.63. The van der Waals surface area contributed by atoms with Crippen LogP contribution in [0, 0.1) is 17.9 Å². The summed E-state index contributed by atoms with van der Waals surface area (Å²) in [6.45, 7) is 2.80. The van der Waals surface area contributed by atoms with E-state index in [2.05, 4.69) is 5.32 Å². The largest absolute Gasteiger partial charge is 0.481 e. The molecule has 55 valence electrons. The summed E-state index contributed by atoms with van der Waals surface area (Å²) in [4.78, 5) is 10.5. The number of carbonyl (C=O) groups is 1. The van der Waals surface area contributed by atoms with Crippen molar-refractivity contribution >= 4 is 5.97 Å². The molecule has 3 heteroatoms. The number of rotatable bonds is 1. The minimum absolute atomic E-state index is 0.0475. The molecule has 2 N–H and O–H groups in total. The van der Waals surface area contributed by atoms with Crippen LogP contribution in [0.25, 0.3) is 0 Å². The summed E-state index contributed by atoms with van der Waals surface area (Å²) in [5, 5.41) is 11.7. The van der Waals surface area contributed by atoms with E-state index >= 15 is 0 Å². The van der Waals surface area contributed by atoms with Crippen LogP contribution in [0.3, 0.4) is 0 Å². The molecular weight excluding hydrogens is 130 g/mol. The first-order valence-electron chi connectivity index (χ1n) is 3.55. The van der Waals surface area contributed by atoms with Gasteiger partial charge in [0.05, 0.1) is 5.92 Å². The Morgan fingerprint density at radius 3 is 2.60 bits per heavy atom. The Hall–Kier alpha value is -0.570. The molecule has 10 heavy (non-hydrogen) atoms. The lowest BCUT2D eigenvalue weighted by molar-refractivity contribution is -0.155. The van der Waals surface area contributed by atoms with E-state index in [0.29, 0.717) is 0 Å². The molecule has 1 saturated carbocycles. The monoisotopic (exact) mass is 140 g/mol. The van der Waals surface area contributed by atoms with Gasteiger partial charge in [0.1, 0.15) is 0 Å². The summed E-state index contributed by atoms with van der Waals surface area (Å²) in [6, 6.07) is 0. The normalized spacial score (nSPS) is 34.6. The molecule has 3 nitrogen and oxygen atoms in total. The van der Waals surface area contributed by atoms with Crippen LogP contribution in [-0.2, 0) is 4.79 Å². The first kappa shape index (κ1) is 6.16. The van der Waals surface area contributed by atoms with Crippen molar-refractivity contribution in [1.82, 2.24) is 5.32 Å². The molecule has 0 amide bonds. The first-order chi connectivity index (χ1) is 4.75. The van der Waals surface area contributed by atoms with Gasteiger partial charge in [-0.15, -0.1) is 0 Å². The maximum Gasteiger partial charge on any atom is 0.307 e. The highest BCUT2D eigenvalue weighted by atomic mass is 16.4. The van der Waals surface area contributed by atoms with Crippen molar-refractivity contribution in [3.63, 3.8) is 0 Å². The topological polar surface area (TPSA) is 49.3 Å². The number of hydrogen-bond donors (Lipinski definition) is 2. The number of aliphatic carboxylic acids is 1. The Morgan fingerprint density at radius 2 is 2.50 bits per heavy atom. The van der Waals surface area contributed by atoms with Crippen molar-refractivity contribution in [3.05, 3.63) is 6.54 Å². The second-order valence-corrected chi connectivity index (χ2v) is 3.19. The third kappa shape index (κ3) is 0.560. The average molecular weight is 140 g/mol. The molecule has 0 aromatic heterocycles. The van der Waals surface area contributed by atoms with Gasteiger partial charge in [0.15, 0.2) is 0 Å². The van der Waals surface area contributed by atoms with Gasteiger partial charge in [0.2, 0.25) is 0 Å². The zero-order valence-electron chi connectivity index (χ0n) is 5.63. The number of nitrogens with one attached hydrogen (secondary N) is 1. The van der Waals surface area contributed by atoms with Crippen LogP contribution >= 0.6 is 0 Å². The van der Waals surface area contributed by atoms with Crippen LogP contribution in [0.15, 0.2) is 0 Å². The molecule has 2 atom stereocenters. The van der Waals surface area contributed by atoms with Crippen LogP contribution in [-0.4, -0.2) is 17.6 Å². The van der Waals surface area contributed by atoms with Gasteiger partial charge in [-0.1, -0.05) is 0 Å². The van der Waals surface area contributed by atoms with Gasteiger partial charge in [-0.05, 0) is 12.8 Å². The van der Waals surface area contributed by atoms with Gasteiger partial charge in [-0.3, -0.25) is 4.79 Å². The molecule has 0 bridgehead atoms. The van der Waals surface area contributed by atoms with Crippen LogP contribution in [0.5, 0.6) is 0 Å². The van der Waals surface area contributed by atoms with Crippen LogP contribution in [0.4, 0.5) is 0 Å². The molecule has 1 saturated heterocycles. The predicted octanol–water partition coefficient (Wildman–Crippen LogP) is 0.232. The highest BCUT2D eigenvalue weighted by Crippen LogP contribution is 2.51. The maximum atomic E-state index is 10.5. The lowest BCUT2D eigenvalue weighted by atomic mass is 9.56. The average Bonchev–Trinajstić information content (AvgIpc) is 1.53. The van der Waals surface area contributed by atoms with Gasteiger partial charge < -0.3 is 10.4 Å². The summed E-state index contributed by atoms with van der Waals surface area (Å²) >= 11 is 0. The first-order valence-corrected chi connectivity index (χ1v) is 3.55. The van der Waals surface area contributed by atoms with Crippen molar-refractivity contribution in [2.24, 2.45) is 11.3 Å². The molecular formula is C7H10NO2. The molecule has 2 fully saturated rings. The van der Waals surface area contributed by atoms with Gasteiger partial charge in [0.25, 0.3) is 0 Å². The van der Waals surface area contributed by atoms with E-state index in [4.69, 9.17) is 5.11 Å². The number of carboxylic acid groups (broad SMARTS) is 1. The molecule has 1 heterocycles. The van der Waals surface area contributed by atoms with E-state index in [0.717, 1.165) is 19.4 Å². The summed E-state index contributed by atoms with van der Waals surface area (Å²) in [7, 11) is 0. The summed E-state index contributed by atoms with van der Waals surface area (Å²) in [5.41, 5.74) is 0.0475. The molecule has 2 unspecified atom stereocenters. The fourth-order valence-corrected chi connectivity index (χ4v) is 1.78. The predicted molar refractivity (Wildman–Crippen MR) is 35.1 cm³/mol. The fraction of sp³-hybridized carbons (Fsp3) is 0.714. The molecule has 2 rings (SSSR count). The van der Waals surface area contributed by atoms with Gasteiger partial charge in [-0.2, -0.15) is 0 Å². The van der Waals surface area contributed by atoms with Crippen molar-refractivity contribution in [1.29, 1.82) is 0 Å². The maximum absolute atomic E-state index is 10.5. The second kappa shape index (κ2) is 1.72. The molecule has 0 aromatic rings. The van der Waals surface area contributed by atoms with Crippen molar-refractivity contribution in [2.75, 3.05) is 6.54 Å². The summed E-state index contributed by atoms with van der Waals surface area (Å²) in [6.07, 6.45) is 1.91. The SMILES string of the molecule is O=C(O)C1CCC12[CH]NC2. The molecule has 1 radical (unpaired) electrons. The van der Waals surface area contributed by atoms with E-state index in [1.54, 1.807) is 0 Å². The van der Waals surface area contributed by atoms with Gasteiger partial charge >= 0.3 is 5.97 Å². The second-order valence-electron chi connectivity index (χ2n) is 3.19. The molecule has 0 aromatic carbocycles. The Kier molecular flexibility index (Phi) is 1.06.